The Hall–Kier alpha value is -4.14. The molecule has 0 bridgehead atoms. The monoisotopic (exact) mass is 401 g/mol. The topological polar surface area (TPSA) is 108 Å². The Bertz CT molecular complexity index is 1260. The number of carbonyl (C=O) groups is 1. The molecular weight excluding hydrogens is 382 g/mol. The van der Waals surface area contributed by atoms with Gasteiger partial charge in [-0.2, -0.15) is 10.2 Å². The SMILES string of the molecule is CNC(=O)c1cnc(-c2cccc(Cc3nn(-c4cnn(C)c4)ccc3=O)c2)nc1. The molecule has 4 rings (SSSR count). The van der Waals surface area contributed by atoms with Gasteiger partial charge in [-0.1, -0.05) is 18.2 Å². The molecule has 3 aromatic heterocycles. The summed E-state index contributed by atoms with van der Waals surface area (Å²) in [7, 11) is 3.38. The summed E-state index contributed by atoms with van der Waals surface area (Å²) in [5.74, 6) is 0.258. The molecular formula is C21H19N7O2. The van der Waals surface area contributed by atoms with E-state index in [4.69, 9.17) is 0 Å². The van der Waals surface area contributed by atoms with Gasteiger partial charge in [0.1, 0.15) is 11.4 Å². The number of aromatic nitrogens is 6. The normalized spacial score (nSPS) is 10.7. The highest BCUT2D eigenvalue weighted by atomic mass is 16.1. The predicted molar refractivity (Wildman–Crippen MR) is 110 cm³/mol. The highest BCUT2D eigenvalue weighted by Gasteiger charge is 2.10. The van der Waals surface area contributed by atoms with E-state index in [0.717, 1.165) is 16.8 Å². The summed E-state index contributed by atoms with van der Waals surface area (Å²) >= 11 is 0. The van der Waals surface area contributed by atoms with Crippen LogP contribution in [0.3, 0.4) is 0 Å². The zero-order valence-corrected chi connectivity index (χ0v) is 16.5. The van der Waals surface area contributed by atoms with E-state index in [1.807, 2.05) is 37.5 Å². The lowest BCUT2D eigenvalue weighted by atomic mass is 10.1. The van der Waals surface area contributed by atoms with Crippen molar-refractivity contribution in [2.45, 2.75) is 6.42 Å². The molecule has 0 aliphatic rings. The van der Waals surface area contributed by atoms with Crippen LogP contribution in [0.25, 0.3) is 17.1 Å². The summed E-state index contributed by atoms with van der Waals surface area (Å²) in [6.45, 7) is 0. The summed E-state index contributed by atoms with van der Waals surface area (Å²) in [5.41, 5.74) is 3.15. The van der Waals surface area contributed by atoms with Gasteiger partial charge in [-0.3, -0.25) is 14.3 Å². The van der Waals surface area contributed by atoms with Gasteiger partial charge in [0.25, 0.3) is 5.91 Å². The van der Waals surface area contributed by atoms with E-state index >= 15 is 0 Å². The van der Waals surface area contributed by atoms with Crippen LogP contribution in [0, 0.1) is 0 Å². The molecule has 3 heterocycles. The summed E-state index contributed by atoms with van der Waals surface area (Å²) in [6, 6.07) is 9.09. The second kappa shape index (κ2) is 8.08. The first-order valence-electron chi connectivity index (χ1n) is 9.25. The fourth-order valence-electron chi connectivity index (χ4n) is 2.99. The molecule has 0 fully saturated rings. The number of hydrogen-bond acceptors (Lipinski definition) is 6. The van der Waals surface area contributed by atoms with Crippen molar-refractivity contribution in [2.75, 3.05) is 7.05 Å². The highest BCUT2D eigenvalue weighted by Crippen LogP contribution is 2.17. The Balaban J connectivity index is 1.61. The van der Waals surface area contributed by atoms with Crippen molar-refractivity contribution < 1.29 is 4.79 Å². The lowest BCUT2D eigenvalue weighted by Gasteiger charge is -2.07. The van der Waals surface area contributed by atoms with Crippen molar-refractivity contribution in [3.05, 3.63) is 88.4 Å². The minimum absolute atomic E-state index is 0.133. The lowest BCUT2D eigenvalue weighted by Crippen LogP contribution is -2.18. The number of amides is 1. The van der Waals surface area contributed by atoms with Crippen LogP contribution >= 0.6 is 0 Å². The molecule has 1 N–H and O–H groups in total. The Morgan fingerprint density at radius 2 is 1.93 bits per heavy atom. The average Bonchev–Trinajstić information content (AvgIpc) is 3.21. The maximum Gasteiger partial charge on any atom is 0.254 e. The maximum absolute atomic E-state index is 12.3. The average molecular weight is 401 g/mol. The third-order valence-electron chi connectivity index (χ3n) is 4.53. The van der Waals surface area contributed by atoms with Gasteiger partial charge in [0.05, 0.1) is 18.0 Å². The van der Waals surface area contributed by atoms with Gasteiger partial charge in [-0.05, 0) is 11.6 Å². The third kappa shape index (κ3) is 4.00. The Labute approximate surface area is 172 Å². The minimum Gasteiger partial charge on any atom is -0.355 e. The first kappa shape index (κ1) is 19.2. The molecule has 0 aliphatic heterocycles. The van der Waals surface area contributed by atoms with Gasteiger partial charge in [0, 0.05) is 50.7 Å². The number of benzene rings is 1. The van der Waals surface area contributed by atoms with Crippen molar-refractivity contribution in [3.63, 3.8) is 0 Å². The molecule has 150 valence electrons. The summed E-state index contributed by atoms with van der Waals surface area (Å²) < 4.78 is 3.31. The number of aryl methyl sites for hydroxylation is 1. The number of hydrogen-bond donors (Lipinski definition) is 1. The van der Waals surface area contributed by atoms with Gasteiger partial charge in [0.15, 0.2) is 5.82 Å². The zero-order valence-electron chi connectivity index (χ0n) is 16.5. The molecule has 1 aromatic carbocycles. The first-order valence-corrected chi connectivity index (χ1v) is 9.25. The molecule has 0 atom stereocenters. The van der Waals surface area contributed by atoms with Crippen molar-refractivity contribution in [3.8, 4) is 17.1 Å². The Kier molecular flexibility index (Phi) is 5.17. The highest BCUT2D eigenvalue weighted by molar-refractivity contribution is 5.93. The number of nitrogens with zero attached hydrogens (tertiary/aromatic N) is 6. The van der Waals surface area contributed by atoms with Gasteiger partial charge >= 0.3 is 0 Å². The zero-order chi connectivity index (χ0) is 21.1. The Morgan fingerprint density at radius 3 is 2.63 bits per heavy atom. The molecule has 0 aliphatic carbocycles. The van der Waals surface area contributed by atoms with Crippen LogP contribution in [0.2, 0.25) is 0 Å². The standard InChI is InChI=1S/C21H19N7O2/c1-22-21(30)16-10-23-20(24-11-16)15-5-3-4-14(8-15)9-18-19(29)6-7-28(26-18)17-12-25-27(2)13-17/h3-8,10-13H,9H2,1-2H3,(H,22,30). The van der Waals surface area contributed by atoms with Gasteiger partial charge in [-0.25, -0.2) is 14.6 Å². The second-order valence-electron chi connectivity index (χ2n) is 6.70. The van der Waals surface area contributed by atoms with Crippen LogP contribution in [-0.2, 0) is 13.5 Å². The summed E-state index contributed by atoms with van der Waals surface area (Å²) in [5, 5.41) is 11.1. The van der Waals surface area contributed by atoms with Crippen LogP contribution in [-0.4, -0.2) is 42.5 Å². The van der Waals surface area contributed by atoms with Crippen molar-refractivity contribution >= 4 is 5.91 Å². The van der Waals surface area contributed by atoms with E-state index in [9.17, 15) is 9.59 Å². The molecule has 9 heteroatoms. The molecule has 4 aromatic rings. The molecule has 1 amide bonds. The quantitative estimate of drug-likeness (QED) is 0.541. The molecule has 0 saturated carbocycles. The van der Waals surface area contributed by atoms with E-state index < -0.39 is 0 Å². The van der Waals surface area contributed by atoms with E-state index in [2.05, 4.69) is 25.5 Å². The first-order chi connectivity index (χ1) is 14.5. The van der Waals surface area contributed by atoms with Crippen LogP contribution in [0.4, 0.5) is 0 Å². The lowest BCUT2D eigenvalue weighted by molar-refractivity contribution is 0.0962. The largest absolute Gasteiger partial charge is 0.355 e. The van der Waals surface area contributed by atoms with E-state index in [-0.39, 0.29) is 11.3 Å². The van der Waals surface area contributed by atoms with E-state index in [1.54, 1.807) is 28.8 Å². The van der Waals surface area contributed by atoms with Crippen LogP contribution < -0.4 is 10.7 Å². The van der Waals surface area contributed by atoms with Gasteiger partial charge < -0.3 is 5.32 Å². The molecule has 0 unspecified atom stereocenters. The number of nitrogens with one attached hydrogen (secondary N) is 1. The molecule has 0 radical (unpaired) electrons. The molecule has 9 nitrogen and oxygen atoms in total. The van der Waals surface area contributed by atoms with Crippen molar-refractivity contribution in [1.82, 2.24) is 34.8 Å². The number of rotatable bonds is 5. The fraction of sp³-hybridized carbons (Fsp3) is 0.143. The van der Waals surface area contributed by atoms with Crippen LogP contribution in [0.5, 0.6) is 0 Å². The summed E-state index contributed by atoms with van der Waals surface area (Å²) in [6.07, 6.45) is 8.47. The number of carbonyl (C=O) groups excluding carboxylic acids is 1. The maximum atomic E-state index is 12.3. The van der Waals surface area contributed by atoms with Crippen LogP contribution in [0.15, 0.2) is 66.1 Å². The Morgan fingerprint density at radius 1 is 1.13 bits per heavy atom. The second-order valence-corrected chi connectivity index (χ2v) is 6.70. The van der Waals surface area contributed by atoms with Crippen molar-refractivity contribution in [2.24, 2.45) is 7.05 Å². The van der Waals surface area contributed by atoms with Gasteiger partial charge in [-0.15, -0.1) is 0 Å². The molecule has 0 spiro atoms. The third-order valence-corrected chi connectivity index (χ3v) is 4.53. The van der Waals surface area contributed by atoms with Gasteiger partial charge in [0.2, 0.25) is 5.43 Å². The van der Waals surface area contributed by atoms with E-state index in [0.29, 0.717) is 23.5 Å². The van der Waals surface area contributed by atoms with E-state index in [1.165, 1.54) is 18.5 Å². The smallest absolute Gasteiger partial charge is 0.254 e. The van der Waals surface area contributed by atoms with Crippen LogP contribution in [0.1, 0.15) is 21.6 Å². The molecule has 0 saturated heterocycles. The molecule has 30 heavy (non-hydrogen) atoms. The summed E-state index contributed by atoms with van der Waals surface area (Å²) in [4.78, 5) is 32.5. The van der Waals surface area contributed by atoms with Crippen molar-refractivity contribution in [1.29, 1.82) is 0 Å². The minimum atomic E-state index is -0.240. The fourth-order valence-corrected chi connectivity index (χ4v) is 2.99. The predicted octanol–water partition coefficient (Wildman–Crippen LogP) is 1.37.